The Hall–Kier alpha value is 0.0569. The van der Waals surface area contributed by atoms with Crippen LogP contribution in [0.5, 0.6) is 0 Å². The predicted octanol–water partition coefficient (Wildman–Crippen LogP) is 0.286. The lowest BCUT2D eigenvalue weighted by atomic mass is 10.4. The molecular formula is C9H24N2O2Si. The number of hydrogen-bond acceptors (Lipinski definition) is 4. The van der Waals surface area contributed by atoms with Gasteiger partial charge in [-0.25, -0.2) is 0 Å². The topological polar surface area (TPSA) is 56.5 Å². The normalized spacial score (nSPS) is 17.8. The van der Waals surface area contributed by atoms with Crippen LogP contribution in [0.4, 0.5) is 0 Å². The maximum absolute atomic E-state index is 5.65. The van der Waals surface area contributed by atoms with Crippen molar-refractivity contribution in [1.29, 1.82) is 0 Å². The number of ether oxygens (including phenoxy) is 1. The van der Waals surface area contributed by atoms with E-state index in [1.807, 2.05) is 13.8 Å². The summed E-state index contributed by atoms with van der Waals surface area (Å²) >= 11 is 0. The maximum atomic E-state index is 5.65. The number of hydrogen-bond donors (Lipinski definition) is 2. The fourth-order valence-corrected chi connectivity index (χ4v) is 2.60. The molecule has 4 nitrogen and oxygen atoms in total. The standard InChI is InChI=1S/C9H24N2O2Si/c1-8(10)7-11-5-6-14(4)13-9(2)12-3/h8-9,11,14H,5-7,10H2,1-4H3. The highest BCUT2D eigenvalue weighted by Crippen LogP contribution is 1.99. The second kappa shape index (κ2) is 8.37. The van der Waals surface area contributed by atoms with Crippen LogP contribution in [0.1, 0.15) is 13.8 Å². The van der Waals surface area contributed by atoms with E-state index in [4.69, 9.17) is 14.9 Å². The van der Waals surface area contributed by atoms with E-state index in [1.165, 1.54) is 0 Å². The minimum Gasteiger partial charge on any atom is -0.396 e. The van der Waals surface area contributed by atoms with Gasteiger partial charge in [0.15, 0.2) is 9.04 Å². The molecule has 0 aliphatic carbocycles. The molecule has 0 spiro atoms. The largest absolute Gasteiger partial charge is 0.396 e. The van der Waals surface area contributed by atoms with Gasteiger partial charge in [0, 0.05) is 19.7 Å². The first-order valence-corrected chi connectivity index (χ1v) is 7.65. The highest BCUT2D eigenvalue weighted by molar-refractivity contribution is 6.50. The number of methoxy groups -OCH3 is 1. The van der Waals surface area contributed by atoms with Gasteiger partial charge in [0.25, 0.3) is 0 Å². The number of nitrogens with two attached hydrogens (primary N) is 1. The van der Waals surface area contributed by atoms with Crippen molar-refractivity contribution < 1.29 is 9.16 Å². The third-order valence-corrected chi connectivity index (χ3v) is 3.90. The molecule has 0 aliphatic heterocycles. The Bertz CT molecular complexity index is 136. The zero-order valence-corrected chi connectivity index (χ0v) is 10.9. The second-order valence-electron chi connectivity index (χ2n) is 3.72. The molecule has 0 rings (SSSR count). The first kappa shape index (κ1) is 14.1. The Labute approximate surface area is 88.9 Å². The fourth-order valence-electron chi connectivity index (χ4n) is 1.09. The minimum atomic E-state index is -1.07. The first-order chi connectivity index (χ1) is 6.56. The lowest BCUT2D eigenvalue weighted by molar-refractivity contribution is -0.0407. The van der Waals surface area contributed by atoms with E-state index in [9.17, 15) is 0 Å². The number of nitrogens with one attached hydrogen (secondary N) is 1. The molecule has 0 aromatic rings. The molecule has 3 atom stereocenters. The molecule has 0 saturated carbocycles. The van der Waals surface area contributed by atoms with E-state index in [-0.39, 0.29) is 12.3 Å². The molecule has 0 radical (unpaired) electrons. The molecular weight excluding hydrogens is 196 g/mol. The van der Waals surface area contributed by atoms with Gasteiger partial charge in [0.2, 0.25) is 0 Å². The Morgan fingerprint density at radius 1 is 1.43 bits per heavy atom. The first-order valence-electron chi connectivity index (χ1n) is 5.20. The van der Waals surface area contributed by atoms with Gasteiger partial charge < -0.3 is 20.2 Å². The van der Waals surface area contributed by atoms with Gasteiger partial charge in [-0.2, -0.15) is 0 Å². The van der Waals surface area contributed by atoms with E-state index in [1.54, 1.807) is 7.11 Å². The van der Waals surface area contributed by atoms with Gasteiger partial charge >= 0.3 is 0 Å². The molecule has 3 N–H and O–H groups in total. The van der Waals surface area contributed by atoms with Gasteiger partial charge in [-0.1, -0.05) is 0 Å². The molecule has 0 saturated heterocycles. The summed E-state index contributed by atoms with van der Waals surface area (Å²) in [5, 5.41) is 3.30. The van der Waals surface area contributed by atoms with Gasteiger partial charge in [0.05, 0.1) is 0 Å². The molecule has 0 aromatic carbocycles. The van der Waals surface area contributed by atoms with Crippen LogP contribution in [0.25, 0.3) is 0 Å². The highest BCUT2D eigenvalue weighted by atomic mass is 28.3. The lowest BCUT2D eigenvalue weighted by Gasteiger charge is -2.17. The van der Waals surface area contributed by atoms with E-state index in [2.05, 4.69) is 11.9 Å². The zero-order chi connectivity index (χ0) is 11.0. The Kier molecular flexibility index (Phi) is 8.41. The molecule has 5 heteroatoms. The summed E-state index contributed by atoms with van der Waals surface area (Å²) in [7, 11) is 0.598. The summed E-state index contributed by atoms with van der Waals surface area (Å²) in [6.07, 6.45) is -0.0647. The summed E-state index contributed by atoms with van der Waals surface area (Å²) in [5.74, 6) is 0. The van der Waals surface area contributed by atoms with Crippen molar-refractivity contribution in [1.82, 2.24) is 5.32 Å². The van der Waals surface area contributed by atoms with Crippen molar-refractivity contribution in [3.63, 3.8) is 0 Å². The summed E-state index contributed by atoms with van der Waals surface area (Å²) in [6, 6.07) is 1.34. The quantitative estimate of drug-likeness (QED) is 0.351. The summed E-state index contributed by atoms with van der Waals surface area (Å²) in [5.41, 5.74) is 5.61. The van der Waals surface area contributed by atoms with E-state index >= 15 is 0 Å². The van der Waals surface area contributed by atoms with Gasteiger partial charge in [-0.05, 0) is 33.0 Å². The third kappa shape index (κ3) is 8.65. The number of rotatable bonds is 8. The Balaban J connectivity index is 3.30. The Morgan fingerprint density at radius 2 is 2.07 bits per heavy atom. The van der Waals surface area contributed by atoms with Crippen LogP contribution >= 0.6 is 0 Å². The second-order valence-corrected chi connectivity index (χ2v) is 6.19. The monoisotopic (exact) mass is 220 g/mol. The molecule has 3 unspecified atom stereocenters. The minimum absolute atomic E-state index is 0.0647. The van der Waals surface area contributed by atoms with Crippen LogP contribution in [-0.2, 0) is 9.16 Å². The van der Waals surface area contributed by atoms with E-state index in [0.717, 1.165) is 19.1 Å². The van der Waals surface area contributed by atoms with Crippen molar-refractivity contribution in [2.45, 2.75) is 38.8 Å². The van der Waals surface area contributed by atoms with Crippen molar-refractivity contribution in [3.8, 4) is 0 Å². The molecule has 14 heavy (non-hydrogen) atoms. The molecule has 0 aromatic heterocycles. The predicted molar refractivity (Wildman–Crippen MR) is 61.9 cm³/mol. The van der Waals surface area contributed by atoms with Crippen molar-refractivity contribution in [2.75, 3.05) is 20.2 Å². The molecule has 0 fully saturated rings. The van der Waals surface area contributed by atoms with Gasteiger partial charge in [-0.3, -0.25) is 0 Å². The molecule has 0 amide bonds. The summed E-state index contributed by atoms with van der Waals surface area (Å²) in [4.78, 5) is 0. The van der Waals surface area contributed by atoms with Gasteiger partial charge in [-0.15, -0.1) is 0 Å². The van der Waals surface area contributed by atoms with E-state index in [0.29, 0.717) is 0 Å². The summed E-state index contributed by atoms with van der Waals surface area (Å²) in [6.45, 7) is 7.98. The average Bonchev–Trinajstić information content (AvgIpc) is 2.12. The summed E-state index contributed by atoms with van der Waals surface area (Å²) < 4.78 is 10.7. The zero-order valence-electron chi connectivity index (χ0n) is 9.75. The third-order valence-electron chi connectivity index (χ3n) is 1.95. The van der Waals surface area contributed by atoms with Crippen LogP contribution in [-0.4, -0.2) is 41.6 Å². The molecule has 86 valence electrons. The van der Waals surface area contributed by atoms with Crippen molar-refractivity contribution >= 4 is 9.04 Å². The molecule has 0 bridgehead atoms. The van der Waals surface area contributed by atoms with Crippen LogP contribution in [0, 0.1) is 0 Å². The lowest BCUT2D eigenvalue weighted by Crippen LogP contribution is -2.33. The maximum Gasteiger partial charge on any atom is 0.178 e. The van der Waals surface area contributed by atoms with Crippen LogP contribution in [0.15, 0.2) is 0 Å². The van der Waals surface area contributed by atoms with Crippen molar-refractivity contribution in [2.24, 2.45) is 5.73 Å². The van der Waals surface area contributed by atoms with Crippen LogP contribution in [0.3, 0.4) is 0 Å². The highest BCUT2D eigenvalue weighted by Gasteiger charge is 2.08. The van der Waals surface area contributed by atoms with Crippen molar-refractivity contribution in [3.05, 3.63) is 0 Å². The SMILES string of the molecule is COC(C)O[SiH](C)CCNCC(C)N. The van der Waals surface area contributed by atoms with E-state index < -0.39 is 9.04 Å². The smallest absolute Gasteiger partial charge is 0.178 e. The van der Waals surface area contributed by atoms with Gasteiger partial charge in [0.1, 0.15) is 6.29 Å². The Morgan fingerprint density at radius 3 is 2.57 bits per heavy atom. The molecule has 0 heterocycles. The molecule has 0 aliphatic rings. The van der Waals surface area contributed by atoms with Crippen LogP contribution < -0.4 is 11.1 Å². The average molecular weight is 220 g/mol. The van der Waals surface area contributed by atoms with Crippen LogP contribution in [0.2, 0.25) is 12.6 Å². The fraction of sp³-hybridized carbons (Fsp3) is 1.00.